The van der Waals surface area contributed by atoms with Gasteiger partial charge in [-0.05, 0) is 48.9 Å². The van der Waals surface area contributed by atoms with E-state index in [4.69, 9.17) is 23.2 Å². The van der Waals surface area contributed by atoms with Crippen LogP contribution in [0.1, 0.15) is 21.5 Å². The van der Waals surface area contributed by atoms with Crippen molar-refractivity contribution in [1.82, 2.24) is 0 Å². The number of carbonyl (C=O) groups excluding carboxylic acids is 1. The SMILES string of the molecule is Cc1cc(Br)cc(C(=O)c2ccc(Cl)c(Cl)c2)c1. The topological polar surface area (TPSA) is 17.1 Å². The molecule has 0 aliphatic heterocycles. The zero-order chi connectivity index (χ0) is 13.3. The highest BCUT2D eigenvalue weighted by Crippen LogP contribution is 2.25. The summed E-state index contributed by atoms with van der Waals surface area (Å²) in [5.41, 5.74) is 2.18. The van der Waals surface area contributed by atoms with Gasteiger partial charge in [-0.2, -0.15) is 0 Å². The first-order valence-corrected chi connectivity index (χ1v) is 6.79. The summed E-state index contributed by atoms with van der Waals surface area (Å²) in [5, 5.41) is 0.827. The normalized spacial score (nSPS) is 10.4. The van der Waals surface area contributed by atoms with E-state index in [1.165, 1.54) is 0 Å². The van der Waals surface area contributed by atoms with E-state index in [1.54, 1.807) is 24.3 Å². The lowest BCUT2D eigenvalue weighted by molar-refractivity contribution is 0.103. The highest BCUT2D eigenvalue weighted by atomic mass is 79.9. The van der Waals surface area contributed by atoms with Gasteiger partial charge in [0, 0.05) is 15.6 Å². The predicted molar refractivity (Wildman–Crippen MR) is 78.8 cm³/mol. The van der Waals surface area contributed by atoms with E-state index in [2.05, 4.69) is 15.9 Å². The Morgan fingerprint density at radius 3 is 2.33 bits per heavy atom. The first-order valence-electron chi connectivity index (χ1n) is 5.24. The van der Waals surface area contributed by atoms with E-state index in [0.29, 0.717) is 21.2 Å². The van der Waals surface area contributed by atoms with Crippen molar-refractivity contribution < 1.29 is 4.79 Å². The Balaban J connectivity index is 2.44. The highest BCUT2D eigenvalue weighted by molar-refractivity contribution is 9.10. The number of halogens is 3. The molecule has 2 rings (SSSR count). The maximum atomic E-state index is 12.3. The third-order valence-electron chi connectivity index (χ3n) is 2.49. The first kappa shape index (κ1) is 13.6. The van der Waals surface area contributed by atoms with E-state index in [1.807, 2.05) is 19.1 Å². The Bertz CT molecular complexity index is 603. The molecule has 4 heteroatoms. The van der Waals surface area contributed by atoms with Gasteiger partial charge in [-0.1, -0.05) is 39.1 Å². The van der Waals surface area contributed by atoms with Gasteiger partial charge in [0.05, 0.1) is 10.0 Å². The average molecular weight is 344 g/mol. The molecule has 92 valence electrons. The van der Waals surface area contributed by atoms with Gasteiger partial charge in [0.2, 0.25) is 0 Å². The number of carbonyl (C=O) groups is 1. The number of aryl methyl sites for hydroxylation is 1. The van der Waals surface area contributed by atoms with Gasteiger partial charge in [0.15, 0.2) is 5.78 Å². The number of hydrogen-bond acceptors (Lipinski definition) is 1. The van der Waals surface area contributed by atoms with Crippen molar-refractivity contribution in [2.45, 2.75) is 6.92 Å². The lowest BCUT2D eigenvalue weighted by atomic mass is 10.0. The molecule has 0 radical (unpaired) electrons. The van der Waals surface area contributed by atoms with Crippen molar-refractivity contribution in [3.63, 3.8) is 0 Å². The molecular weight excluding hydrogens is 335 g/mol. The van der Waals surface area contributed by atoms with Crippen LogP contribution >= 0.6 is 39.1 Å². The fraction of sp³-hybridized carbons (Fsp3) is 0.0714. The molecule has 1 nitrogen and oxygen atoms in total. The summed E-state index contributed by atoms with van der Waals surface area (Å²) in [7, 11) is 0. The van der Waals surface area contributed by atoms with Crippen molar-refractivity contribution >= 4 is 44.9 Å². The minimum Gasteiger partial charge on any atom is -0.289 e. The molecule has 0 saturated carbocycles. The maximum absolute atomic E-state index is 12.3. The molecule has 0 heterocycles. The molecule has 0 aromatic heterocycles. The van der Waals surface area contributed by atoms with Crippen LogP contribution < -0.4 is 0 Å². The van der Waals surface area contributed by atoms with Gasteiger partial charge < -0.3 is 0 Å². The van der Waals surface area contributed by atoms with Gasteiger partial charge in [0.1, 0.15) is 0 Å². The first-order chi connectivity index (χ1) is 8.47. The van der Waals surface area contributed by atoms with Crippen LogP contribution in [0.5, 0.6) is 0 Å². The molecular formula is C14H9BrCl2O. The summed E-state index contributed by atoms with van der Waals surface area (Å²) in [6, 6.07) is 10.5. The Hall–Kier alpha value is -0.830. The zero-order valence-electron chi connectivity index (χ0n) is 9.51. The molecule has 2 aromatic rings. The second-order valence-corrected chi connectivity index (χ2v) is 5.71. The van der Waals surface area contributed by atoms with E-state index in [0.717, 1.165) is 10.0 Å². The van der Waals surface area contributed by atoms with Crippen LogP contribution in [0.2, 0.25) is 10.0 Å². The molecule has 0 spiro atoms. The number of rotatable bonds is 2. The lowest BCUT2D eigenvalue weighted by Crippen LogP contribution is -2.01. The minimum atomic E-state index is -0.0713. The van der Waals surface area contributed by atoms with E-state index in [-0.39, 0.29) is 5.78 Å². The number of ketones is 1. The molecule has 18 heavy (non-hydrogen) atoms. The molecule has 0 unspecified atom stereocenters. The lowest BCUT2D eigenvalue weighted by Gasteiger charge is -2.05. The van der Waals surface area contributed by atoms with Gasteiger partial charge in [-0.3, -0.25) is 4.79 Å². The Morgan fingerprint density at radius 2 is 1.72 bits per heavy atom. The molecule has 0 aliphatic carbocycles. The Labute approximate surface area is 124 Å². The van der Waals surface area contributed by atoms with Crippen LogP contribution in [0.15, 0.2) is 40.9 Å². The monoisotopic (exact) mass is 342 g/mol. The molecule has 0 saturated heterocycles. The van der Waals surface area contributed by atoms with Gasteiger partial charge >= 0.3 is 0 Å². The van der Waals surface area contributed by atoms with E-state index < -0.39 is 0 Å². The molecule has 0 bridgehead atoms. The molecule has 0 amide bonds. The Kier molecular flexibility index (Phi) is 4.10. The number of hydrogen-bond donors (Lipinski definition) is 0. The quantitative estimate of drug-likeness (QED) is 0.676. The standard InChI is InChI=1S/C14H9BrCl2O/c1-8-4-10(6-11(15)5-8)14(18)9-2-3-12(16)13(17)7-9/h2-7H,1H3. The van der Waals surface area contributed by atoms with Crippen LogP contribution in [-0.2, 0) is 0 Å². The van der Waals surface area contributed by atoms with Gasteiger partial charge in [-0.15, -0.1) is 0 Å². The van der Waals surface area contributed by atoms with Crippen molar-refractivity contribution in [2.24, 2.45) is 0 Å². The summed E-state index contributed by atoms with van der Waals surface area (Å²) < 4.78 is 0.880. The zero-order valence-corrected chi connectivity index (χ0v) is 12.6. The molecule has 0 aliphatic rings. The molecule has 0 fully saturated rings. The summed E-state index contributed by atoms with van der Waals surface area (Å²) in [4.78, 5) is 12.3. The van der Waals surface area contributed by atoms with Crippen LogP contribution in [0.25, 0.3) is 0 Å². The van der Waals surface area contributed by atoms with Crippen LogP contribution in [0.3, 0.4) is 0 Å². The second-order valence-electron chi connectivity index (χ2n) is 3.98. The van der Waals surface area contributed by atoms with Crippen LogP contribution in [0, 0.1) is 6.92 Å². The third-order valence-corrected chi connectivity index (χ3v) is 3.68. The smallest absolute Gasteiger partial charge is 0.193 e. The van der Waals surface area contributed by atoms with Crippen LogP contribution in [0.4, 0.5) is 0 Å². The third kappa shape index (κ3) is 2.94. The Morgan fingerprint density at radius 1 is 1.00 bits per heavy atom. The summed E-state index contributed by atoms with van der Waals surface area (Å²) >= 11 is 15.1. The summed E-state index contributed by atoms with van der Waals surface area (Å²) in [6.07, 6.45) is 0. The van der Waals surface area contributed by atoms with E-state index in [9.17, 15) is 4.79 Å². The maximum Gasteiger partial charge on any atom is 0.193 e. The summed E-state index contributed by atoms with van der Waals surface area (Å²) in [5.74, 6) is -0.0713. The van der Waals surface area contributed by atoms with Crippen LogP contribution in [-0.4, -0.2) is 5.78 Å². The van der Waals surface area contributed by atoms with E-state index >= 15 is 0 Å². The van der Waals surface area contributed by atoms with Crippen molar-refractivity contribution in [1.29, 1.82) is 0 Å². The minimum absolute atomic E-state index is 0.0713. The van der Waals surface area contributed by atoms with Crippen molar-refractivity contribution in [3.8, 4) is 0 Å². The van der Waals surface area contributed by atoms with Crippen molar-refractivity contribution in [3.05, 3.63) is 67.6 Å². The fourth-order valence-electron chi connectivity index (χ4n) is 1.67. The van der Waals surface area contributed by atoms with Gasteiger partial charge in [0.25, 0.3) is 0 Å². The molecule has 0 N–H and O–H groups in total. The average Bonchev–Trinajstić information content (AvgIpc) is 2.30. The molecule has 2 aromatic carbocycles. The predicted octanol–water partition coefficient (Wildman–Crippen LogP) is 5.30. The van der Waals surface area contributed by atoms with Gasteiger partial charge in [-0.25, -0.2) is 0 Å². The largest absolute Gasteiger partial charge is 0.289 e. The van der Waals surface area contributed by atoms with Crippen molar-refractivity contribution in [2.75, 3.05) is 0 Å². The molecule has 0 atom stereocenters. The number of benzene rings is 2. The highest BCUT2D eigenvalue weighted by Gasteiger charge is 2.11. The fourth-order valence-corrected chi connectivity index (χ4v) is 2.58. The second kappa shape index (κ2) is 5.43. The summed E-state index contributed by atoms with van der Waals surface area (Å²) in [6.45, 7) is 1.94.